The van der Waals surface area contributed by atoms with Gasteiger partial charge < -0.3 is 24.8 Å². The zero-order valence-corrected chi connectivity index (χ0v) is 15.2. The molecule has 0 radical (unpaired) electrons. The smallest absolute Gasteiger partial charge is 0.243 e. The third-order valence-electron chi connectivity index (χ3n) is 3.91. The topological polar surface area (TPSA) is 68.8 Å². The first-order chi connectivity index (χ1) is 12.0. The molecule has 2 rings (SSSR count). The Labute approximate surface area is 148 Å². The van der Waals surface area contributed by atoms with Gasteiger partial charge in [-0.05, 0) is 37.1 Å². The molecular weight excluding hydrogens is 320 g/mol. The van der Waals surface area contributed by atoms with Crippen molar-refractivity contribution in [1.82, 2.24) is 0 Å². The van der Waals surface area contributed by atoms with Crippen LogP contribution in [0.5, 0.6) is 17.2 Å². The first-order valence-corrected chi connectivity index (χ1v) is 7.89. The maximum Gasteiger partial charge on any atom is 0.243 e. The van der Waals surface area contributed by atoms with E-state index in [-0.39, 0.29) is 12.5 Å². The molecule has 2 aromatic carbocycles. The molecule has 0 spiro atoms. The number of ether oxygens (including phenoxy) is 3. The van der Waals surface area contributed by atoms with Crippen molar-refractivity contribution in [2.24, 2.45) is 0 Å². The number of benzene rings is 2. The molecule has 0 unspecified atom stereocenters. The van der Waals surface area contributed by atoms with Crippen molar-refractivity contribution in [2.75, 3.05) is 38.5 Å². The lowest BCUT2D eigenvalue weighted by Gasteiger charge is -2.15. The van der Waals surface area contributed by atoms with Gasteiger partial charge in [0.1, 0.15) is 0 Å². The van der Waals surface area contributed by atoms with E-state index in [0.29, 0.717) is 22.9 Å². The molecule has 0 aliphatic rings. The largest absolute Gasteiger partial charge is 0.493 e. The Hall–Kier alpha value is -2.89. The highest BCUT2D eigenvalue weighted by Gasteiger charge is 2.13. The maximum atomic E-state index is 12.2. The summed E-state index contributed by atoms with van der Waals surface area (Å²) in [5.41, 5.74) is 3.80. The highest BCUT2D eigenvalue weighted by molar-refractivity contribution is 5.94. The first-order valence-electron chi connectivity index (χ1n) is 7.89. The Kier molecular flexibility index (Phi) is 6.11. The number of aryl methyl sites for hydroxylation is 2. The van der Waals surface area contributed by atoms with Gasteiger partial charge in [0.2, 0.25) is 11.7 Å². The minimum atomic E-state index is -0.142. The van der Waals surface area contributed by atoms with E-state index < -0.39 is 0 Å². The van der Waals surface area contributed by atoms with Gasteiger partial charge in [0, 0.05) is 23.5 Å². The molecule has 0 atom stereocenters. The molecule has 0 bridgehead atoms. The summed E-state index contributed by atoms with van der Waals surface area (Å²) in [6.45, 7) is 4.16. The van der Waals surface area contributed by atoms with Crippen LogP contribution in [0, 0.1) is 13.8 Å². The minimum Gasteiger partial charge on any atom is -0.493 e. The van der Waals surface area contributed by atoms with E-state index in [1.165, 1.54) is 5.56 Å². The van der Waals surface area contributed by atoms with Crippen LogP contribution in [0.25, 0.3) is 0 Å². The molecule has 2 aromatic rings. The zero-order chi connectivity index (χ0) is 18.4. The molecule has 6 heteroatoms. The van der Waals surface area contributed by atoms with Crippen LogP contribution < -0.4 is 24.8 Å². The summed E-state index contributed by atoms with van der Waals surface area (Å²) in [6, 6.07) is 9.33. The number of carbonyl (C=O) groups is 1. The summed E-state index contributed by atoms with van der Waals surface area (Å²) in [6.07, 6.45) is 0. The van der Waals surface area contributed by atoms with E-state index in [9.17, 15) is 4.79 Å². The van der Waals surface area contributed by atoms with Gasteiger partial charge >= 0.3 is 0 Å². The fourth-order valence-electron chi connectivity index (χ4n) is 2.39. The van der Waals surface area contributed by atoms with Crippen LogP contribution in [0.15, 0.2) is 30.3 Å². The molecule has 6 nitrogen and oxygen atoms in total. The van der Waals surface area contributed by atoms with Crippen molar-refractivity contribution < 1.29 is 19.0 Å². The molecular formula is C19H24N2O4. The van der Waals surface area contributed by atoms with Gasteiger partial charge in [-0.3, -0.25) is 4.79 Å². The summed E-state index contributed by atoms with van der Waals surface area (Å²) >= 11 is 0. The third kappa shape index (κ3) is 4.56. The second kappa shape index (κ2) is 8.28. The highest BCUT2D eigenvalue weighted by atomic mass is 16.5. The number of amides is 1. The van der Waals surface area contributed by atoms with E-state index in [4.69, 9.17) is 14.2 Å². The summed E-state index contributed by atoms with van der Waals surface area (Å²) < 4.78 is 15.9. The van der Waals surface area contributed by atoms with Crippen molar-refractivity contribution in [1.29, 1.82) is 0 Å². The summed E-state index contributed by atoms with van der Waals surface area (Å²) in [4.78, 5) is 12.2. The van der Waals surface area contributed by atoms with Crippen molar-refractivity contribution in [3.05, 3.63) is 41.5 Å². The quantitative estimate of drug-likeness (QED) is 0.806. The Morgan fingerprint density at radius 1 is 0.880 bits per heavy atom. The maximum absolute atomic E-state index is 12.2. The third-order valence-corrected chi connectivity index (χ3v) is 3.91. The fourth-order valence-corrected chi connectivity index (χ4v) is 2.39. The molecule has 0 saturated heterocycles. The monoisotopic (exact) mass is 344 g/mol. The van der Waals surface area contributed by atoms with Crippen molar-refractivity contribution in [3.8, 4) is 17.2 Å². The zero-order valence-electron chi connectivity index (χ0n) is 15.2. The van der Waals surface area contributed by atoms with Gasteiger partial charge in [0.15, 0.2) is 11.5 Å². The van der Waals surface area contributed by atoms with Gasteiger partial charge in [0.05, 0.1) is 27.9 Å². The van der Waals surface area contributed by atoms with E-state index >= 15 is 0 Å². The second-order valence-corrected chi connectivity index (χ2v) is 5.61. The van der Waals surface area contributed by atoms with E-state index in [2.05, 4.69) is 10.6 Å². The summed E-state index contributed by atoms with van der Waals surface area (Å²) in [7, 11) is 4.64. The van der Waals surface area contributed by atoms with Gasteiger partial charge in [-0.25, -0.2) is 0 Å². The number of hydrogen-bond donors (Lipinski definition) is 2. The molecule has 1 amide bonds. The number of methoxy groups -OCH3 is 3. The number of rotatable bonds is 7. The number of hydrogen-bond acceptors (Lipinski definition) is 5. The molecule has 2 N–H and O–H groups in total. The molecule has 134 valence electrons. The molecule has 0 heterocycles. The Bertz CT molecular complexity index is 734. The standard InChI is InChI=1S/C19H24N2O4/c1-12-6-7-14(8-13(12)2)21-18(22)11-20-15-9-16(23-3)19(25-5)17(10-15)24-4/h6-10,20H,11H2,1-5H3,(H,21,22). The van der Waals surface area contributed by atoms with Crippen LogP contribution in [-0.2, 0) is 4.79 Å². The van der Waals surface area contributed by atoms with Crippen LogP contribution in [0.4, 0.5) is 11.4 Å². The molecule has 0 fully saturated rings. The van der Waals surface area contributed by atoms with E-state index in [1.54, 1.807) is 33.5 Å². The van der Waals surface area contributed by atoms with Crippen molar-refractivity contribution >= 4 is 17.3 Å². The van der Waals surface area contributed by atoms with E-state index in [1.807, 2.05) is 32.0 Å². The van der Waals surface area contributed by atoms with E-state index in [0.717, 1.165) is 11.3 Å². The molecule has 25 heavy (non-hydrogen) atoms. The Balaban J connectivity index is 2.04. The Morgan fingerprint density at radius 2 is 1.52 bits per heavy atom. The summed E-state index contributed by atoms with van der Waals surface area (Å²) in [5, 5.41) is 5.94. The van der Waals surface area contributed by atoms with Gasteiger partial charge in [-0.15, -0.1) is 0 Å². The Morgan fingerprint density at radius 3 is 2.04 bits per heavy atom. The normalized spacial score (nSPS) is 10.1. The van der Waals surface area contributed by atoms with Crippen LogP contribution in [0.3, 0.4) is 0 Å². The predicted octanol–water partition coefficient (Wildman–Crippen LogP) is 3.38. The molecule has 0 aliphatic carbocycles. The number of carbonyl (C=O) groups excluding carboxylic acids is 1. The molecule has 0 aliphatic heterocycles. The number of anilines is 2. The van der Waals surface area contributed by atoms with Gasteiger partial charge in [-0.2, -0.15) is 0 Å². The van der Waals surface area contributed by atoms with Gasteiger partial charge in [0.25, 0.3) is 0 Å². The van der Waals surface area contributed by atoms with Gasteiger partial charge in [-0.1, -0.05) is 6.07 Å². The minimum absolute atomic E-state index is 0.117. The predicted molar refractivity (Wildman–Crippen MR) is 99.1 cm³/mol. The fraction of sp³-hybridized carbons (Fsp3) is 0.316. The van der Waals surface area contributed by atoms with Crippen LogP contribution in [0.1, 0.15) is 11.1 Å². The average molecular weight is 344 g/mol. The second-order valence-electron chi connectivity index (χ2n) is 5.61. The highest BCUT2D eigenvalue weighted by Crippen LogP contribution is 2.39. The number of nitrogens with one attached hydrogen (secondary N) is 2. The van der Waals surface area contributed by atoms with Crippen LogP contribution in [-0.4, -0.2) is 33.8 Å². The lowest BCUT2D eigenvalue weighted by molar-refractivity contribution is -0.114. The summed E-state index contributed by atoms with van der Waals surface area (Å²) in [5.74, 6) is 1.42. The lowest BCUT2D eigenvalue weighted by Crippen LogP contribution is -2.21. The average Bonchev–Trinajstić information content (AvgIpc) is 2.62. The first kappa shape index (κ1) is 18.4. The SMILES string of the molecule is COc1cc(NCC(=O)Nc2ccc(C)c(C)c2)cc(OC)c1OC. The van der Waals surface area contributed by atoms with Crippen LogP contribution >= 0.6 is 0 Å². The molecule has 0 saturated carbocycles. The van der Waals surface area contributed by atoms with Crippen molar-refractivity contribution in [3.63, 3.8) is 0 Å². The van der Waals surface area contributed by atoms with Crippen molar-refractivity contribution in [2.45, 2.75) is 13.8 Å². The lowest BCUT2D eigenvalue weighted by atomic mass is 10.1. The van der Waals surface area contributed by atoms with Crippen LogP contribution in [0.2, 0.25) is 0 Å². The molecule has 0 aromatic heterocycles.